The van der Waals surface area contributed by atoms with Crippen LogP contribution >= 0.6 is 0 Å². The number of benzene rings is 1. The summed E-state index contributed by atoms with van der Waals surface area (Å²) in [6, 6.07) is 4.53. The van der Waals surface area contributed by atoms with E-state index < -0.39 is 23.3 Å². The predicted molar refractivity (Wildman–Crippen MR) is 88.8 cm³/mol. The van der Waals surface area contributed by atoms with Gasteiger partial charge in [-0.1, -0.05) is 26.0 Å². The van der Waals surface area contributed by atoms with Crippen LogP contribution in [-0.4, -0.2) is 30.6 Å². The lowest BCUT2D eigenvalue weighted by Crippen LogP contribution is -2.48. The zero-order valence-electron chi connectivity index (χ0n) is 14.5. The van der Waals surface area contributed by atoms with E-state index in [2.05, 4.69) is 10.6 Å². The summed E-state index contributed by atoms with van der Waals surface area (Å²) < 4.78 is 38.3. The van der Waals surface area contributed by atoms with E-state index in [4.69, 9.17) is 0 Å². The lowest BCUT2D eigenvalue weighted by atomic mass is 9.74. The SMILES string of the molecule is CC(C)(C(=O)NC[C@@H](O)c1cccc(C(F)(F)F)c1)[C@@H]1CCCNC1. The Bertz CT molecular complexity index is 596. The Balaban J connectivity index is 1.97. The Kier molecular flexibility index (Phi) is 6.11. The Morgan fingerprint density at radius 3 is 2.72 bits per heavy atom. The first-order valence-electron chi connectivity index (χ1n) is 8.46. The molecule has 1 saturated heterocycles. The molecule has 0 saturated carbocycles. The number of aliphatic hydroxyl groups excluding tert-OH is 1. The standard InChI is InChI=1S/C18H25F3N2O2/c1-17(2,14-7-4-8-22-10-14)16(25)23-11-15(24)12-5-3-6-13(9-12)18(19,20)21/h3,5-6,9,14-15,22,24H,4,7-8,10-11H2,1-2H3,(H,23,25)/t14-,15-/m1/s1. The largest absolute Gasteiger partial charge is 0.416 e. The number of amides is 1. The van der Waals surface area contributed by atoms with Gasteiger partial charge in [0.05, 0.1) is 11.7 Å². The van der Waals surface area contributed by atoms with E-state index in [1.807, 2.05) is 13.8 Å². The van der Waals surface area contributed by atoms with Gasteiger partial charge in [-0.05, 0) is 49.5 Å². The van der Waals surface area contributed by atoms with E-state index in [0.29, 0.717) is 0 Å². The molecule has 1 aliphatic heterocycles. The van der Waals surface area contributed by atoms with Gasteiger partial charge in [0.1, 0.15) is 0 Å². The van der Waals surface area contributed by atoms with E-state index in [9.17, 15) is 23.1 Å². The van der Waals surface area contributed by atoms with Crippen LogP contribution < -0.4 is 10.6 Å². The molecule has 1 aromatic rings. The van der Waals surface area contributed by atoms with Crippen molar-refractivity contribution >= 4 is 5.91 Å². The van der Waals surface area contributed by atoms with Crippen LogP contribution in [0.3, 0.4) is 0 Å². The minimum absolute atomic E-state index is 0.121. The molecule has 1 amide bonds. The van der Waals surface area contributed by atoms with Crippen molar-refractivity contribution < 1.29 is 23.1 Å². The van der Waals surface area contributed by atoms with Crippen molar-refractivity contribution in [3.05, 3.63) is 35.4 Å². The summed E-state index contributed by atoms with van der Waals surface area (Å²) >= 11 is 0. The number of hydrogen-bond donors (Lipinski definition) is 3. The minimum Gasteiger partial charge on any atom is -0.387 e. The Morgan fingerprint density at radius 2 is 2.12 bits per heavy atom. The molecule has 4 nitrogen and oxygen atoms in total. The summed E-state index contributed by atoms with van der Waals surface area (Å²) in [6.07, 6.45) is -3.70. The maximum absolute atomic E-state index is 12.8. The van der Waals surface area contributed by atoms with Gasteiger partial charge in [-0.25, -0.2) is 0 Å². The van der Waals surface area contributed by atoms with Crippen LogP contribution in [0.25, 0.3) is 0 Å². The Hall–Kier alpha value is -1.60. The van der Waals surface area contributed by atoms with Crippen LogP contribution in [0.1, 0.15) is 43.9 Å². The maximum atomic E-state index is 12.8. The molecule has 0 aromatic heterocycles. The maximum Gasteiger partial charge on any atom is 0.416 e. The van der Waals surface area contributed by atoms with Crippen molar-refractivity contribution in [2.75, 3.05) is 19.6 Å². The molecular formula is C18H25F3N2O2. The number of halogens is 3. The van der Waals surface area contributed by atoms with E-state index in [0.717, 1.165) is 38.1 Å². The molecule has 3 N–H and O–H groups in total. The fourth-order valence-electron chi connectivity index (χ4n) is 3.11. The molecule has 1 fully saturated rings. The first kappa shape index (κ1) is 19.7. The summed E-state index contributed by atoms with van der Waals surface area (Å²) in [5.74, 6) is -0.0147. The molecule has 0 aliphatic carbocycles. The van der Waals surface area contributed by atoms with Gasteiger partial charge in [-0.2, -0.15) is 13.2 Å². The number of hydrogen-bond acceptors (Lipinski definition) is 3. The van der Waals surface area contributed by atoms with Gasteiger partial charge in [-0.15, -0.1) is 0 Å². The smallest absolute Gasteiger partial charge is 0.387 e. The number of nitrogens with one attached hydrogen (secondary N) is 2. The van der Waals surface area contributed by atoms with Gasteiger partial charge in [0.2, 0.25) is 5.91 Å². The zero-order chi connectivity index (χ0) is 18.7. The molecule has 1 aliphatic rings. The summed E-state index contributed by atoms with van der Waals surface area (Å²) in [5.41, 5.74) is -1.29. The highest BCUT2D eigenvalue weighted by Gasteiger charge is 2.37. The van der Waals surface area contributed by atoms with E-state index >= 15 is 0 Å². The minimum atomic E-state index is -4.46. The molecule has 1 aromatic carbocycles. The quantitative estimate of drug-likeness (QED) is 0.759. The molecule has 1 heterocycles. The molecule has 0 spiro atoms. The van der Waals surface area contributed by atoms with Crippen LogP contribution in [0.2, 0.25) is 0 Å². The molecule has 25 heavy (non-hydrogen) atoms. The first-order chi connectivity index (χ1) is 11.6. The fraction of sp³-hybridized carbons (Fsp3) is 0.611. The molecule has 140 valence electrons. The van der Waals surface area contributed by atoms with Crippen molar-refractivity contribution in [1.82, 2.24) is 10.6 Å². The van der Waals surface area contributed by atoms with E-state index in [1.54, 1.807) is 0 Å². The van der Waals surface area contributed by atoms with Crippen LogP contribution in [-0.2, 0) is 11.0 Å². The van der Waals surface area contributed by atoms with Crippen molar-refractivity contribution in [1.29, 1.82) is 0 Å². The van der Waals surface area contributed by atoms with Crippen LogP contribution in [0.15, 0.2) is 24.3 Å². The molecule has 2 rings (SSSR count). The number of carbonyl (C=O) groups is 1. The average Bonchev–Trinajstić information content (AvgIpc) is 2.59. The average molecular weight is 358 g/mol. The van der Waals surface area contributed by atoms with Crippen LogP contribution in [0.5, 0.6) is 0 Å². The lowest BCUT2D eigenvalue weighted by molar-refractivity contribution is -0.137. The van der Waals surface area contributed by atoms with Gasteiger partial charge in [0.25, 0.3) is 0 Å². The molecule has 0 bridgehead atoms. The van der Waals surface area contributed by atoms with Gasteiger partial charge in [0, 0.05) is 12.0 Å². The second-order valence-electron chi connectivity index (χ2n) is 7.11. The number of aliphatic hydroxyl groups is 1. The van der Waals surface area contributed by atoms with E-state index in [1.165, 1.54) is 12.1 Å². The van der Waals surface area contributed by atoms with Gasteiger partial charge < -0.3 is 15.7 Å². The number of alkyl halides is 3. The summed E-state index contributed by atoms with van der Waals surface area (Å²) in [5, 5.41) is 16.1. The van der Waals surface area contributed by atoms with Crippen LogP contribution in [0, 0.1) is 11.3 Å². The first-order valence-corrected chi connectivity index (χ1v) is 8.46. The third-order valence-corrected chi connectivity index (χ3v) is 4.96. The Labute approximate surface area is 145 Å². The topological polar surface area (TPSA) is 61.4 Å². The molecule has 0 radical (unpaired) electrons. The number of rotatable bonds is 5. The monoisotopic (exact) mass is 358 g/mol. The molecular weight excluding hydrogens is 333 g/mol. The summed E-state index contributed by atoms with van der Waals surface area (Å²) in [6.45, 7) is 5.30. The highest BCUT2D eigenvalue weighted by molar-refractivity contribution is 5.82. The van der Waals surface area contributed by atoms with Gasteiger partial charge in [0.15, 0.2) is 0 Å². The van der Waals surface area contributed by atoms with Crippen molar-refractivity contribution in [3.8, 4) is 0 Å². The summed E-state index contributed by atoms with van der Waals surface area (Å²) in [7, 11) is 0. The highest BCUT2D eigenvalue weighted by atomic mass is 19.4. The van der Waals surface area contributed by atoms with Gasteiger partial charge in [-0.3, -0.25) is 4.79 Å². The normalized spacial score (nSPS) is 20.2. The molecule has 0 unspecified atom stereocenters. The second kappa shape index (κ2) is 7.74. The fourth-order valence-corrected chi connectivity index (χ4v) is 3.11. The summed E-state index contributed by atoms with van der Waals surface area (Å²) in [4.78, 5) is 12.5. The highest BCUT2D eigenvalue weighted by Crippen LogP contribution is 2.33. The third kappa shape index (κ3) is 4.95. The van der Waals surface area contributed by atoms with E-state index in [-0.39, 0.29) is 23.9 Å². The van der Waals surface area contributed by atoms with Crippen LogP contribution in [0.4, 0.5) is 13.2 Å². The molecule has 2 atom stereocenters. The zero-order valence-corrected chi connectivity index (χ0v) is 14.5. The molecule has 7 heteroatoms. The van der Waals surface area contributed by atoms with Crippen molar-refractivity contribution in [2.24, 2.45) is 11.3 Å². The predicted octanol–water partition coefficient (Wildman–Crippen LogP) is 2.88. The van der Waals surface area contributed by atoms with Gasteiger partial charge >= 0.3 is 6.18 Å². The van der Waals surface area contributed by atoms with Crippen molar-refractivity contribution in [2.45, 2.75) is 39.0 Å². The number of carbonyl (C=O) groups excluding carboxylic acids is 1. The third-order valence-electron chi connectivity index (χ3n) is 4.96. The lowest BCUT2D eigenvalue weighted by Gasteiger charge is -2.36. The number of piperidine rings is 1. The van der Waals surface area contributed by atoms with Crippen molar-refractivity contribution in [3.63, 3.8) is 0 Å². The Morgan fingerprint density at radius 1 is 1.40 bits per heavy atom. The second-order valence-corrected chi connectivity index (χ2v) is 7.11.